The molecule has 0 aromatic carbocycles. The number of anilines is 2. The Labute approximate surface area is 171 Å². The van der Waals surface area contributed by atoms with Gasteiger partial charge in [0.25, 0.3) is 0 Å². The Hall–Kier alpha value is -3.46. The molecular weight excluding hydrogens is 392 g/mol. The molecule has 0 saturated carbocycles. The number of carbonyl (C=O) groups is 1. The van der Waals surface area contributed by atoms with E-state index in [2.05, 4.69) is 50.0 Å². The molecule has 9 nitrogen and oxygen atoms in total. The molecule has 4 rings (SSSR count). The van der Waals surface area contributed by atoms with E-state index >= 15 is 0 Å². The van der Waals surface area contributed by atoms with Crippen molar-refractivity contribution in [3.63, 3.8) is 0 Å². The zero-order valence-corrected chi connectivity index (χ0v) is 16.6. The maximum Gasteiger partial charge on any atom is 0.239 e. The number of amides is 1. The van der Waals surface area contributed by atoms with E-state index in [4.69, 9.17) is 17.3 Å². The van der Waals surface area contributed by atoms with E-state index in [0.29, 0.717) is 11.6 Å². The number of halogens is 1. The number of fused-ring (bicyclic) bond motifs is 1. The van der Waals surface area contributed by atoms with Crippen LogP contribution in [-0.4, -0.2) is 35.2 Å². The molecule has 4 heterocycles. The van der Waals surface area contributed by atoms with Crippen LogP contribution in [0.5, 0.6) is 0 Å². The third-order valence-electron chi connectivity index (χ3n) is 4.42. The van der Waals surface area contributed by atoms with Crippen molar-refractivity contribution >= 4 is 40.0 Å². The van der Waals surface area contributed by atoms with Gasteiger partial charge in [-0.25, -0.2) is 15.0 Å². The Morgan fingerprint density at radius 2 is 2.07 bits per heavy atom. The average Bonchev–Trinajstić information content (AvgIpc) is 3.25. The predicted molar refractivity (Wildman–Crippen MR) is 111 cm³/mol. The second kappa shape index (κ2) is 7.51. The van der Waals surface area contributed by atoms with Gasteiger partial charge in [0.1, 0.15) is 18.2 Å². The van der Waals surface area contributed by atoms with E-state index < -0.39 is 5.91 Å². The Morgan fingerprint density at radius 1 is 1.24 bits per heavy atom. The summed E-state index contributed by atoms with van der Waals surface area (Å²) in [7, 11) is 0. The number of hydrogen-bond acceptors (Lipinski definition) is 6. The van der Waals surface area contributed by atoms with E-state index in [-0.39, 0.29) is 17.9 Å². The minimum absolute atomic E-state index is 0.0383. The summed E-state index contributed by atoms with van der Waals surface area (Å²) in [5, 5.41) is 8.51. The van der Waals surface area contributed by atoms with E-state index in [1.165, 1.54) is 4.68 Å². The van der Waals surface area contributed by atoms with Crippen LogP contribution in [0.15, 0.2) is 43.1 Å². The molecule has 148 valence electrons. The number of pyridine rings is 1. The minimum atomic E-state index is -0.438. The molecule has 3 N–H and O–H groups in total. The Balaban J connectivity index is 1.75. The van der Waals surface area contributed by atoms with Crippen molar-refractivity contribution in [2.75, 3.05) is 5.32 Å². The fourth-order valence-corrected chi connectivity index (χ4v) is 3.30. The Kier molecular flexibility index (Phi) is 4.89. The van der Waals surface area contributed by atoms with Gasteiger partial charge in [-0.1, -0.05) is 0 Å². The van der Waals surface area contributed by atoms with Gasteiger partial charge in [-0.2, -0.15) is 5.10 Å². The lowest BCUT2D eigenvalue weighted by atomic mass is 10.1. The molecule has 0 bridgehead atoms. The van der Waals surface area contributed by atoms with Crippen molar-refractivity contribution in [1.29, 1.82) is 0 Å². The molecule has 1 amide bonds. The van der Waals surface area contributed by atoms with E-state index in [9.17, 15) is 4.79 Å². The van der Waals surface area contributed by atoms with Crippen LogP contribution in [-0.2, 0) is 11.3 Å². The molecule has 0 saturated heterocycles. The van der Waals surface area contributed by atoms with Gasteiger partial charge in [-0.3, -0.25) is 9.48 Å². The third-order valence-corrected chi connectivity index (χ3v) is 4.60. The molecule has 0 fully saturated rings. The van der Waals surface area contributed by atoms with E-state index in [1.54, 1.807) is 30.9 Å². The standard InChI is InChI=1S/C19H19ClN8O/c1-11(2)28-9-14(12-6-24-27(8-12)10-16(21)29)13-7-23-18(5-15(13)28)25-17-3-4-22-19(20)26-17/h3-9,11H,10H2,1-2H3,(H2,21,29)(H,22,23,25,26). The number of aromatic nitrogens is 6. The number of hydrogen-bond donors (Lipinski definition) is 2. The third kappa shape index (κ3) is 3.90. The van der Waals surface area contributed by atoms with Crippen molar-refractivity contribution in [3.05, 3.63) is 48.4 Å². The van der Waals surface area contributed by atoms with Gasteiger partial charge in [0, 0.05) is 53.4 Å². The Morgan fingerprint density at radius 3 is 2.79 bits per heavy atom. The van der Waals surface area contributed by atoms with Gasteiger partial charge in [-0.05, 0) is 31.5 Å². The molecule has 0 radical (unpaired) electrons. The first-order valence-corrected chi connectivity index (χ1v) is 9.36. The predicted octanol–water partition coefficient (Wildman–Crippen LogP) is 3.15. The van der Waals surface area contributed by atoms with Crippen molar-refractivity contribution in [2.24, 2.45) is 5.73 Å². The topological polar surface area (TPSA) is 117 Å². The fraction of sp³-hybridized carbons (Fsp3) is 0.211. The summed E-state index contributed by atoms with van der Waals surface area (Å²) in [6.45, 7) is 4.26. The van der Waals surface area contributed by atoms with Gasteiger partial charge in [-0.15, -0.1) is 0 Å². The van der Waals surface area contributed by atoms with Crippen molar-refractivity contribution < 1.29 is 4.79 Å². The first-order valence-electron chi connectivity index (χ1n) is 8.98. The van der Waals surface area contributed by atoms with Crippen molar-refractivity contribution in [1.82, 2.24) is 29.3 Å². The van der Waals surface area contributed by atoms with E-state index in [0.717, 1.165) is 22.0 Å². The molecule has 29 heavy (non-hydrogen) atoms. The number of nitrogens with zero attached hydrogens (tertiary/aromatic N) is 6. The summed E-state index contributed by atoms with van der Waals surface area (Å²) >= 11 is 5.85. The van der Waals surface area contributed by atoms with Gasteiger partial charge in [0.2, 0.25) is 11.2 Å². The number of nitrogens with two attached hydrogens (primary N) is 1. The van der Waals surface area contributed by atoms with Crippen molar-refractivity contribution in [2.45, 2.75) is 26.4 Å². The number of carbonyl (C=O) groups excluding carboxylic acids is 1. The van der Waals surface area contributed by atoms with Crippen LogP contribution < -0.4 is 11.1 Å². The van der Waals surface area contributed by atoms with Crippen LogP contribution in [0.2, 0.25) is 5.28 Å². The molecule has 0 unspecified atom stereocenters. The maximum absolute atomic E-state index is 11.2. The lowest BCUT2D eigenvalue weighted by Gasteiger charge is -2.10. The second-order valence-corrected chi connectivity index (χ2v) is 7.20. The summed E-state index contributed by atoms with van der Waals surface area (Å²) in [6.07, 6.45) is 8.97. The first-order chi connectivity index (χ1) is 13.9. The Bertz CT molecular complexity index is 1200. The molecule has 0 aliphatic heterocycles. The highest BCUT2D eigenvalue weighted by molar-refractivity contribution is 6.28. The summed E-state index contributed by atoms with van der Waals surface area (Å²) in [5.41, 5.74) is 8.14. The average molecular weight is 411 g/mol. The monoisotopic (exact) mass is 410 g/mol. The first kappa shape index (κ1) is 18.9. The minimum Gasteiger partial charge on any atom is -0.368 e. The lowest BCUT2D eigenvalue weighted by molar-refractivity contribution is -0.118. The highest BCUT2D eigenvalue weighted by atomic mass is 35.5. The normalized spacial score (nSPS) is 11.3. The fourth-order valence-electron chi connectivity index (χ4n) is 3.15. The molecule has 0 aliphatic carbocycles. The zero-order valence-electron chi connectivity index (χ0n) is 15.9. The number of rotatable bonds is 6. The second-order valence-electron chi connectivity index (χ2n) is 6.86. The van der Waals surface area contributed by atoms with Crippen LogP contribution >= 0.6 is 11.6 Å². The molecule has 0 aliphatic rings. The summed E-state index contributed by atoms with van der Waals surface area (Å²) in [5.74, 6) is 0.766. The van der Waals surface area contributed by atoms with Crippen molar-refractivity contribution in [3.8, 4) is 11.1 Å². The van der Waals surface area contributed by atoms with Crippen LogP contribution in [0.4, 0.5) is 11.6 Å². The summed E-state index contributed by atoms with van der Waals surface area (Å²) < 4.78 is 3.69. The maximum atomic E-state index is 11.2. The van der Waals surface area contributed by atoms with Crippen LogP contribution in [0, 0.1) is 0 Å². The van der Waals surface area contributed by atoms with Gasteiger partial charge in [0.05, 0.1) is 11.7 Å². The number of primary amides is 1. The number of nitrogens with one attached hydrogen (secondary N) is 1. The molecule has 10 heteroatoms. The van der Waals surface area contributed by atoms with E-state index in [1.807, 2.05) is 6.07 Å². The molecular formula is C19H19ClN8O. The lowest BCUT2D eigenvalue weighted by Crippen LogP contribution is -2.18. The van der Waals surface area contributed by atoms with Gasteiger partial charge in [0.15, 0.2) is 0 Å². The van der Waals surface area contributed by atoms with Gasteiger partial charge < -0.3 is 15.6 Å². The highest BCUT2D eigenvalue weighted by Crippen LogP contribution is 2.33. The summed E-state index contributed by atoms with van der Waals surface area (Å²) in [4.78, 5) is 23.7. The zero-order chi connectivity index (χ0) is 20.5. The van der Waals surface area contributed by atoms with Crippen LogP contribution in [0.3, 0.4) is 0 Å². The quantitative estimate of drug-likeness (QED) is 0.471. The highest BCUT2D eigenvalue weighted by Gasteiger charge is 2.15. The van der Waals surface area contributed by atoms with Gasteiger partial charge >= 0.3 is 0 Å². The molecule has 0 atom stereocenters. The smallest absolute Gasteiger partial charge is 0.239 e. The van der Waals surface area contributed by atoms with Crippen LogP contribution in [0.25, 0.3) is 22.0 Å². The molecule has 4 aromatic rings. The molecule has 4 aromatic heterocycles. The van der Waals surface area contributed by atoms with Crippen LogP contribution in [0.1, 0.15) is 19.9 Å². The molecule has 0 spiro atoms. The SMILES string of the molecule is CC(C)n1cc(-c2cnn(CC(N)=O)c2)c2cnc(Nc3ccnc(Cl)n3)cc21. The summed E-state index contributed by atoms with van der Waals surface area (Å²) in [6, 6.07) is 3.91. The largest absolute Gasteiger partial charge is 0.368 e.